The topological polar surface area (TPSA) is 85.4 Å². The van der Waals surface area contributed by atoms with Gasteiger partial charge in [-0.25, -0.2) is 8.42 Å². The van der Waals surface area contributed by atoms with Gasteiger partial charge in [-0.2, -0.15) is 0 Å². The summed E-state index contributed by atoms with van der Waals surface area (Å²) in [5.41, 5.74) is 0.776. The number of sulfone groups is 1. The Morgan fingerprint density at radius 2 is 1.90 bits per heavy atom. The Morgan fingerprint density at radius 3 is 2.61 bits per heavy atom. The number of hydrogen-bond donors (Lipinski definition) is 1. The second-order valence-corrected chi connectivity index (χ2v) is 10.1. The normalized spacial score (nSPS) is 11.4. The van der Waals surface area contributed by atoms with Crippen LogP contribution in [0.4, 0.5) is 0 Å². The van der Waals surface area contributed by atoms with Gasteiger partial charge in [0.1, 0.15) is 10.6 Å². The standard InChI is InChI=1S/C22H17ClN2O4S2/c1-29-18-11-16(23)4-7-21(18)31(27,28)17-5-2-14(3-6-17)12-25-22(26)19-10-15-8-9-24-13-20(15)30-19/h2-11,13H,12H2,1H3,(H,25,26). The third kappa shape index (κ3) is 4.41. The third-order valence-electron chi connectivity index (χ3n) is 4.65. The van der Waals surface area contributed by atoms with Gasteiger partial charge in [-0.3, -0.25) is 9.78 Å². The highest BCUT2D eigenvalue weighted by Crippen LogP contribution is 2.32. The molecule has 0 radical (unpaired) electrons. The zero-order valence-corrected chi connectivity index (χ0v) is 18.7. The van der Waals surface area contributed by atoms with E-state index in [1.165, 1.54) is 48.8 Å². The first-order valence-electron chi connectivity index (χ1n) is 9.18. The van der Waals surface area contributed by atoms with Gasteiger partial charge in [0.25, 0.3) is 5.91 Å². The third-order valence-corrected chi connectivity index (χ3v) is 7.78. The summed E-state index contributed by atoms with van der Waals surface area (Å²) in [6, 6.07) is 14.4. The number of fused-ring (bicyclic) bond motifs is 1. The first-order chi connectivity index (χ1) is 14.9. The van der Waals surface area contributed by atoms with Gasteiger partial charge < -0.3 is 10.1 Å². The number of benzene rings is 2. The smallest absolute Gasteiger partial charge is 0.261 e. The van der Waals surface area contributed by atoms with Gasteiger partial charge >= 0.3 is 0 Å². The Bertz CT molecular complexity index is 1330. The van der Waals surface area contributed by atoms with Crippen molar-refractivity contribution in [2.24, 2.45) is 0 Å². The summed E-state index contributed by atoms with van der Waals surface area (Å²) < 4.78 is 32.1. The molecule has 9 heteroatoms. The molecule has 1 amide bonds. The number of ether oxygens (including phenoxy) is 1. The summed E-state index contributed by atoms with van der Waals surface area (Å²) in [6.45, 7) is 0.274. The maximum atomic E-state index is 13.0. The van der Waals surface area contributed by atoms with Crippen LogP contribution in [0.2, 0.25) is 5.02 Å². The molecule has 31 heavy (non-hydrogen) atoms. The lowest BCUT2D eigenvalue weighted by molar-refractivity contribution is 0.0955. The largest absolute Gasteiger partial charge is 0.495 e. The van der Waals surface area contributed by atoms with E-state index in [-0.39, 0.29) is 28.0 Å². The lowest BCUT2D eigenvalue weighted by atomic mass is 10.2. The van der Waals surface area contributed by atoms with Crippen LogP contribution in [0.25, 0.3) is 10.1 Å². The van der Waals surface area contributed by atoms with Gasteiger partial charge in [-0.1, -0.05) is 23.7 Å². The number of pyridine rings is 1. The highest BCUT2D eigenvalue weighted by molar-refractivity contribution is 7.91. The van der Waals surface area contributed by atoms with Gasteiger partial charge in [-0.05, 0) is 47.3 Å². The van der Waals surface area contributed by atoms with Crippen LogP contribution in [0.5, 0.6) is 5.75 Å². The number of aromatic nitrogens is 1. The average molecular weight is 473 g/mol. The van der Waals surface area contributed by atoms with Gasteiger partial charge in [0.15, 0.2) is 0 Å². The number of halogens is 1. The summed E-state index contributed by atoms with van der Waals surface area (Å²) in [7, 11) is -2.39. The van der Waals surface area contributed by atoms with Crippen LogP contribution in [0.15, 0.2) is 76.8 Å². The van der Waals surface area contributed by atoms with Crippen molar-refractivity contribution in [2.75, 3.05) is 7.11 Å². The molecule has 0 saturated carbocycles. The second kappa shape index (κ2) is 8.66. The van der Waals surface area contributed by atoms with Crippen LogP contribution in [0, 0.1) is 0 Å². The molecule has 158 valence electrons. The molecule has 4 rings (SSSR count). The van der Waals surface area contributed by atoms with Crippen LogP contribution in [-0.2, 0) is 16.4 Å². The number of carbonyl (C=O) groups is 1. The van der Waals surface area contributed by atoms with Crippen LogP contribution in [-0.4, -0.2) is 26.4 Å². The number of nitrogens with one attached hydrogen (secondary N) is 1. The molecule has 0 saturated heterocycles. The van der Waals surface area contributed by atoms with Crippen molar-refractivity contribution >= 4 is 48.8 Å². The zero-order chi connectivity index (χ0) is 22.0. The van der Waals surface area contributed by atoms with E-state index in [1.807, 2.05) is 12.1 Å². The predicted octanol–water partition coefficient (Wildman–Crippen LogP) is 4.72. The number of thiophene rings is 1. The minimum absolute atomic E-state index is 0.0414. The lowest BCUT2D eigenvalue weighted by Gasteiger charge is -2.11. The van der Waals surface area contributed by atoms with Gasteiger partial charge in [0.05, 0.1) is 21.6 Å². The van der Waals surface area contributed by atoms with Crippen molar-refractivity contribution in [3.8, 4) is 5.75 Å². The van der Waals surface area contributed by atoms with Crippen molar-refractivity contribution in [3.05, 3.63) is 82.5 Å². The Hall–Kier alpha value is -2.94. The molecular formula is C22H17ClN2O4S2. The predicted molar refractivity (Wildman–Crippen MR) is 121 cm³/mol. The molecule has 2 heterocycles. The van der Waals surface area contributed by atoms with Crippen LogP contribution in [0.3, 0.4) is 0 Å². The monoisotopic (exact) mass is 472 g/mol. The number of nitrogens with zero attached hydrogens (tertiary/aromatic N) is 1. The van der Waals surface area contributed by atoms with E-state index in [0.29, 0.717) is 9.90 Å². The maximum Gasteiger partial charge on any atom is 0.261 e. The Balaban J connectivity index is 1.48. The van der Waals surface area contributed by atoms with Gasteiger partial charge in [0.2, 0.25) is 9.84 Å². The van der Waals surface area contributed by atoms with Crippen molar-refractivity contribution in [1.82, 2.24) is 10.3 Å². The second-order valence-electron chi connectivity index (χ2n) is 6.65. The minimum atomic E-state index is -3.78. The van der Waals surface area contributed by atoms with Crippen LogP contribution in [0.1, 0.15) is 15.2 Å². The van der Waals surface area contributed by atoms with E-state index < -0.39 is 9.84 Å². The molecule has 0 bridgehead atoms. The molecule has 0 aliphatic carbocycles. The van der Waals surface area contributed by atoms with Crippen molar-refractivity contribution in [3.63, 3.8) is 0 Å². The molecule has 1 N–H and O–H groups in total. The van der Waals surface area contributed by atoms with E-state index in [2.05, 4.69) is 10.3 Å². The van der Waals surface area contributed by atoms with Crippen LogP contribution >= 0.6 is 22.9 Å². The summed E-state index contributed by atoms with van der Waals surface area (Å²) in [6.07, 6.45) is 3.41. The summed E-state index contributed by atoms with van der Waals surface area (Å²) >= 11 is 7.30. The summed E-state index contributed by atoms with van der Waals surface area (Å²) in [4.78, 5) is 17.3. The van der Waals surface area contributed by atoms with Crippen LogP contribution < -0.4 is 10.1 Å². The van der Waals surface area contributed by atoms with Gasteiger partial charge in [-0.15, -0.1) is 11.3 Å². The molecule has 6 nitrogen and oxygen atoms in total. The highest BCUT2D eigenvalue weighted by atomic mass is 35.5. The number of rotatable bonds is 6. The Kier molecular flexibility index (Phi) is 5.95. The molecule has 0 atom stereocenters. The lowest BCUT2D eigenvalue weighted by Crippen LogP contribution is -2.21. The van der Waals surface area contributed by atoms with Gasteiger partial charge in [0, 0.05) is 30.0 Å². The van der Waals surface area contributed by atoms with E-state index >= 15 is 0 Å². The fraction of sp³-hybridized carbons (Fsp3) is 0.0909. The van der Waals surface area contributed by atoms with Crippen molar-refractivity contribution < 1.29 is 17.9 Å². The zero-order valence-electron chi connectivity index (χ0n) is 16.3. The van der Waals surface area contributed by atoms with Crippen molar-refractivity contribution in [1.29, 1.82) is 0 Å². The minimum Gasteiger partial charge on any atom is -0.495 e. The molecule has 0 aliphatic rings. The van der Waals surface area contributed by atoms with E-state index in [4.69, 9.17) is 16.3 Å². The number of carbonyl (C=O) groups excluding carboxylic acids is 1. The Morgan fingerprint density at radius 1 is 1.13 bits per heavy atom. The number of hydrogen-bond acceptors (Lipinski definition) is 6. The SMILES string of the molecule is COc1cc(Cl)ccc1S(=O)(=O)c1ccc(CNC(=O)c2cc3ccncc3s2)cc1. The fourth-order valence-electron chi connectivity index (χ4n) is 3.04. The molecule has 0 spiro atoms. The summed E-state index contributed by atoms with van der Waals surface area (Å²) in [5.74, 6) is -0.00817. The fourth-order valence-corrected chi connectivity index (χ4v) is 5.55. The summed E-state index contributed by atoms with van der Waals surface area (Å²) in [5, 5.41) is 4.21. The Labute approximate surface area is 188 Å². The molecule has 0 fully saturated rings. The highest BCUT2D eigenvalue weighted by Gasteiger charge is 2.22. The molecule has 2 aromatic heterocycles. The molecule has 0 aliphatic heterocycles. The molecule has 4 aromatic rings. The number of methoxy groups -OCH3 is 1. The van der Waals surface area contributed by atoms with E-state index in [9.17, 15) is 13.2 Å². The molecular weight excluding hydrogens is 456 g/mol. The quantitative estimate of drug-likeness (QED) is 0.439. The molecule has 0 unspecified atom stereocenters. The van der Waals surface area contributed by atoms with Crippen molar-refractivity contribution in [2.45, 2.75) is 16.3 Å². The number of amides is 1. The maximum absolute atomic E-state index is 13.0. The first-order valence-corrected chi connectivity index (χ1v) is 11.9. The first kappa shape index (κ1) is 21.3. The molecule has 2 aromatic carbocycles. The average Bonchev–Trinajstić information content (AvgIpc) is 3.22. The van der Waals surface area contributed by atoms with E-state index in [0.717, 1.165) is 15.6 Å². The van der Waals surface area contributed by atoms with E-state index in [1.54, 1.807) is 24.5 Å².